The average Bonchev–Trinajstić information content (AvgIpc) is 3.45. The van der Waals surface area contributed by atoms with Crippen LogP contribution < -0.4 is 0 Å². The summed E-state index contributed by atoms with van der Waals surface area (Å²) in [5, 5.41) is 31.6. The van der Waals surface area contributed by atoms with Gasteiger partial charge in [0.2, 0.25) is 0 Å². The first kappa shape index (κ1) is 74.1. The lowest BCUT2D eigenvalue weighted by molar-refractivity contribution is -0.301. The maximum Gasteiger partial charge on any atom is 0.335 e. The summed E-state index contributed by atoms with van der Waals surface area (Å²) in [6.45, 7) is 5.70. The van der Waals surface area contributed by atoms with Crippen LogP contribution in [0.2, 0.25) is 0 Å². The minimum absolute atomic E-state index is 0.0347. The Hall–Kier alpha value is -4.88. The maximum absolute atomic E-state index is 13.2. The molecule has 0 aromatic carbocycles. The van der Waals surface area contributed by atoms with Crippen molar-refractivity contribution in [2.75, 3.05) is 13.2 Å². The number of carbonyl (C=O) groups is 4. The molecule has 1 aliphatic heterocycles. The van der Waals surface area contributed by atoms with Crippen molar-refractivity contribution in [3.05, 3.63) is 122 Å². The molecule has 1 heterocycles. The number of hydrogen-bond donors (Lipinski definition) is 3. The van der Waals surface area contributed by atoms with Crippen LogP contribution in [0, 0.1) is 0 Å². The van der Waals surface area contributed by atoms with Crippen LogP contribution in [0.3, 0.4) is 0 Å². The second kappa shape index (κ2) is 55.6. The van der Waals surface area contributed by atoms with Gasteiger partial charge < -0.3 is 39.0 Å². The molecular formula is C69H110O12. The molecule has 6 atom stereocenters. The van der Waals surface area contributed by atoms with Crippen LogP contribution in [0.15, 0.2) is 122 Å². The zero-order valence-electron chi connectivity index (χ0n) is 50.5. The number of rotatable bonds is 52. The fourth-order valence-electron chi connectivity index (χ4n) is 8.73. The van der Waals surface area contributed by atoms with E-state index in [1.54, 1.807) is 0 Å². The van der Waals surface area contributed by atoms with E-state index in [0.717, 1.165) is 161 Å². The number of ether oxygens (including phenoxy) is 5. The normalized spacial score (nSPS) is 18.6. The molecule has 458 valence electrons. The first-order valence-corrected chi connectivity index (χ1v) is 31.5. The summed E-state index contributed by atoms with van der Waals surface area (Å²) >= 11 is 0. The minimum atomic E-state index is -1.92. The third kappa shape index (κ3) is 45.3. The van der Waals surface area contributed by atoms with E-state index >= 15 is 0 Å². The van der Waals surface area contributed by atoms with E-state index in [9.17, 15) is 34.5 Å². The van der Waals surface area contributed by atoms with Crippen molar-refractivity contribution in [3.63, 3.8) is 0 Å². The van der Waals surface area contributed by atoms with Gasteiger partial charge >= 0.3 is 23.9 Å². The molecule has 3 N–H and O–H groups in total. The Morgan fingerprint density at radius 1 is 0.420 bits per heavy atom. The highest BCUT2D eigenvalue weighted by Crippen LogP contribution is 2.26. The van der Waals surface area contributed by atoms with E-state index < -0.39 is 67.3 Å². The molecule has 0 bridgehead atoms. The molecule has 12 nitrogen and oxygen atoms in total. The van der Waals surface area contributed by atoms with Crippen molar-refractivity contribution >= 4 is 23.9 Å². The molecule has 0 spiro atoms. The Morgan fingerprint density at radius 3 is 1.20 bits per heavy atom. The van der Waals surface area contributed by atoms with Crippen molar-refractivity contribution in [2.24, 2.45) is 0 Å². The van der Waals surface area contributed by atoms with Gasteiger partial charge in [-0.2, -0.15) is 0 Å². The predicted octanol–water partition coefficient (Wildman–Crippen LogP) is 16.8. The van der Waals surface area contributed by atoms with Crippen LogP contribution in [0.5, 0.6) is 0 Å². The first-order chi connectivity index (χ1) is 39.6. The Morgan fingerprint density at radius 2 is 0.778 bits per heavy atom. The van der Waals surface area contributed by atoms with E-state index in [0.29, 0.717) is 19.3 Å². The van der Waals surface area contributed by atoms with Crippen molar-refractivity contribution < 1.29 is 58.2 Å². The molecule has 0 aliphatic carbocycles. The summed E-state index contributed by atoms with van der Waals surface area (Å²) in [6, 6.07) is 0. The van der Waals surface area contributed by atoms with Crippen molar-refractivity contribution in [2.45, 2.75) is 276 Å². The Bertz CT molecular complexity index is 1870. The van der Waals surface area contributed by atoms with Gasteiger partial charge in [0.05, 0.1) is 6.61 Å². The van der Waals surface area contributed by atoms with Gasteiger partial charge in [-0.05, 0) is 128 Å². The molecule has 12 heteroatoms. The van der Waals surface area contributed by atoms with Crippen molar-refractivity contribution in [1.29, 1.82) is 0 Å². The Kier molecular flexibility index (Phi) is 50.9. The Balaban J connectivity index is 2.69. The highest BCUT2D eigenvalue weighted by atomic mass is 16.7. The van der Waals surface area contributed by atoms with E-state index in [2.05, 4.69) is 142 Å². The largest absolute Gasteiger partial charge is 0.479 e. The second-order valence-electron chi connectivity index (χ2n) is 20.9. The predicted molar refractivity (Wildman–Crippen MR) is 330 cm³/mol. The molecule has 1 aliphatic rings. The van der Waals surface area contributed by atoms with Crippen LogP contribution >= 0.6 is 0 Å². The Labute approximate surface area is 490 Å². The third-order valence-corrected chi connectivity index (χ3v) is 13.5. The van der Waals surface area contributed by atoms with Gasteiger partial charge in [0.15, 0.2) is 24.6 Å². The molecule has 6 unspecified atom stereocenters. The molecule has 0 amide bonds. The van der Waals surface area contributed by atoms with Crippen molar-refractivity contribution in [1.82, 2.24) is 0 Å². The average molecular weight is 1130 g/mol. The molecule has 0 saturated carbocycles. The lowest BCUT2D eigenvalue weighted by Gasteiger charge is -2.40. The highest BCUT2D eigenvalue weighted by Gasteiger charge is 2.50. The van der Waals surface area contributed by atoms with E-state index in [-0.39, 0.29) is 25.9 Å². The molecular weight excluding hydrogens is 1020 g/mol. The van der Waals surface area contributed by atoms with Gasteiger partial charge in [-0.25, -0.2) is 4.79 Å². The topological polar surface area (TPSA) is 175 Å². The minimum Gasteiger partial charge on any atom is -0.479 e. The summed E-state index contributed by atoms with van der Waals surface area (Å²) < 4.78 is 28.4. The molecule has 0 radical (unpaired) electrons. The van der Waals surface area contributed by atoms with Gasteiger partial charge in [0, 0.05) is 19.3 Å². The standard InChI is InChI=1S/C69H110O12/c1-4-7-10-13-16-19-22-25-27-29-31-33-35-38-40-43-46-49-52-55-61(70)77-58-60(79-62(71)56-53-50-47-44-41-37-24-21-18-15-12-9-6-3)59-78-69-67(65(74)64(73)66(81-69)68(75)76)80-63(72)57-54-51-48-45-42-39-36-34-32-30-28-26-23-20-17-14-11-8-5-2/h7,9-10,12,16-21,25-28,31-34,37,41,60,64-67,69,73-74H,4-6,8,11,13-15,22-24,29-30,35-36,38-40,42-59H2,1-3H3,(H,75,76)/b10-7-,12-9-,19-16-,20-17-,21-18-,27-25-,28-26-,33-31-,34-32-,41-37-. The second-order valence-corrected chi connectivity index (χ2v) is 20.9. The van der Waals surface area contributed by atoms with Crippen LogP contribution in [-0.4, -0.2) is 89.2 Å². The first-order valence-electron chi connectivity index (χ1n) is 31.5. The maximum atomic E-state index is 13.2. The number of carbonyl (C=O) groups excluding carboxylic acids is 3. The van der Waals surface area contributed by atoms with Crippen LogP contribution in [-0.2, 0) is 42.9 Å². The number of hydrogen-bond acceptors (Lipinski definition) is 11. The smallest absolute Gasteiger partial charge is 0.335 e. The molecule has 0 aromatic heterocycles. The molecule has 81 heavy (non-hydrogen) atoms. The fraction of sp³-hybridized carbons (Fsp3) is 0.652. The molecule has 0 aromatic rings. The van der Waals surface area contributed by atoms with E-state index in [1.807, 2.05) is 0 Å². The number of aliphatic hydroxyl groups is 2. The number of aliphatic carboxylic acids is 1. The zero-order valence-corrected chi connectivity index (χ0v) is 50.5. The molecule has 1 saturated heterocycles. The summed E-state index contributed by atoms with van der Waals surface area (Å²) in [5.41, 5.74) is 0. The monoisotopic (exact) mass is 1130 g/mol. The van der Waals surface area contributed by atoms with Gasteiger partial charge in [-0.3, -0.25) is 14.4 Å². The summed E-state index contributed by atoms with van der Waals surface area (Å²) in [4.78, 5) is 51.3. The number of esters is 3. The van der Waals surface area contributed by atoms with Gasteiger partial charge in [0.1, 0.15) is 18.8 Å². The lowest BCUT2D eigenvalue weighted by atomic mass is 9.98. The van der Waals surface area contributed by atoms with Crippen molar-refractivity contribution in [3.8, 4) is 0 Å². The van der Waals surface area contributed by atoms with Gasteiger partial charge in [-0.15, -0.1) is 0 Å². The van der Waals surface area contributed by atoms with Crippen LogP contribution in [0.1, 0.15) is 239 Å². The number of carboxylic acids is 1. The van der Waals surface area contributed by atoms with Gasteiger partial charge in [-0.1, -0.05) is 213 Å². The summed E-state index contributed by atoms with van der Waals surface area (Å²) in [7, 11) is 0. The number of allylic oxidation sites excluding steroid dienone is 20. The van der Waals surface area contributed by atoms with Crippen LogP contribution in [0.4, 0.5) is 0 Å². The van der Waals surface area contributed by atoms with E-state index in [4.69, 9.17) is 23.7 Å². The lowest BCUT2D eigenvalue weighted by Crippen LogP contribution is -2.61. The zero-order chi connectivity index (χ0) is 58.9. The summed E-state index contributed by atoms with van der Waals surface area (Å²) in [6.07, 6.45) is 64.4. The quantitative estimate of drug-likeness (QED) is 0.0228. The number of carboxylic acid groups (broad SMARTS) is 1. The molecule has 1 rings (SSSR count). The fourth-order valence-corrected chi connectivity index (χ4v) is 8.73. The van der Waals surface area contributed by atoms with Crippen LogP contribution in [0.25, 0.3) is 0 Å². The summed E-state index contributed by atoms with van der Waals surface area (Å²) in [5.74, 6) is -3.21. The highest BCUT2D eigenvalue weighted by molar-refractivity contribution is 5.74. The number of unbranched alkanes of at least 4 members (excludes halogenated alkanes) is 18. The third-order valence-electron chi connectivity index (χ3n) is 13.5. The van der Waals surface area contributed by atoms with Gasteiger partial charge in [0.25, 0.3) is 0 Å². The van der Waals surface area contributed by atoms with E-state index in [1.165, 1.54) is 19.3 Å². The molecule has 1 fully saturated rings. The SMILES string of the molecule is CC/C=C\C/C=C\C/C=C\C/C=C\CCCCCCCCC(=O)OCC(COC1OC(C(=O)O)C(O)C(O)C1OC(=O)CCCCCCCC/C=C\C/C=C\C/C=C\CCCCC)OC(=O)CCCCC/C=C\C/C=C\C/C=C\CC. The number of aliphatic hydroxyl groups excluding tert-OH is 2.